The summed E-state index contributed by atoms with van der Waals surface area (Å²) in [5.41, 5.74) is -0.192. The molecule has 7 aromatic carbocycles. The molecule has 2 heterocycles. The Bertz CT molecular complexity index is 4080. The number of fused-ring (bicyclic) bond motifs is 1. The molecule has 9 aromatic rings. The Morgan fingerprint density at radius 2 is 1.31 bits per heavy atom. The Labute approximate surface area is 452 Å². The van der Waals surface area contributed by atoms with E-state index < -0.39 is 97.0 Å². The van der Waals surface area contributed by atoms with Crippen molar-refractivity contribution in [2.45, 2.75) is 98.5 Å². The molecule has 0 aliphatic carbocycles. The molecule has 3 N–H and O–H groups in total. The zero-order chi connectivity index (χ0) is 63.5. The van der Waals surface area contributed by atoms with Crippen molar-refractivity contribution in [3.63, 3.8) is 0 Å². The number of nitrogens with zero attached hydrogens (tertiary/aromatic N) is 3. The van der Waals surface area contributed by atoms with Crippen LogP contribution in [0, 0.1) is 12.9 Å². The van der Waals surface area contributed by atoms with Crippen LogP contribution in [0.15, 0.2) is 145 Å². The summed E-state index contributed by atoms with van der Waals surface area (Å²) in [6.07, 6.45) is 0. The Hall–Kier alpha value is -6.75. The van der Waals surface area contributed by atoms with Gasteiger partial charge in [0.2, 0.25) is 5.88 Å². The van der Waals surface area contributed by atoms with Gasteiger partial charge in [0.15, 0.2) is 5.75 Å². The van der Waals surface area contributed by atoms with Crippen LogP contribution in [0.25, 0.3) is 83.9 Å². The first kappa shape index (κ1) is 32.2. The summed E-state index contributed by atoms with van der Waals surface area (Å²) in [6.45, 7) is -0.110. The number of aromatic nitrogens is 3. The second kappa shape index (κ2) is 19.2. The van der Waals surface area contributed by atoms with E-state index in [0.717, 1.165) is 11.1 Å². The fourth-order valence-electron chi connectivity index (χ4n) is 8.53. The van der Waals surface area contributed by atoms with Gasteiger partial charge in [-0.15, -0.1) is 23.8 Å². The molecular formula is C63H62N3O3Pt-. The molecule has 0 saturated carbocycles. The molecule has 0 aliphatic heterocycles. The molecule has 0 radical (unpaired) electrons. The number of para-hydroxylation sites is 1. The van der Waals surface area contributed by atoms with Crippen LogP contribution in [0.3, 0.4) is 0 Å². The van der Waals surface area contributed by atoms with Crippen LogP contribution in [0.5, 0.6) is 17.4 Å². The van der Waals surface area contributed by atoms with Crippen LogP contribution in [-0.4, -0.2) is 29.9 Å². The SMILES string of the molecule is [2H]c1c([2H])c(C(C([2H])([2H])[2H])(C([2H])([2H])[2H])C([2H])([2H])[2H])c([2H])c([2H])c1-c1c([2H])c(-c2[c-]c(-c3cccc4c3nc(-c3cc(C(C)C)cc(C(C)C)c3O)n4-c3ccc(C([2H])([2H])[2H])cc3-c3ccc(C(C)(C)C)cc3)cc(-c3ccccc3)c2)nc(O)c1O.[Pt]. The number of phenolic OH excluding ortho intramolecular Hbond substituents is 1. The number of pyridine rings is 1. The minimum Gasteiger partial charge on any atom is -0.507 e. The predicted molar refractivity (Wildman–Crippen MR) is 286 cm³/mol. The second-order valence-corrected chi connectivity index (χ2v) is 19.0. The van der Waals surface area contributed by atoms with Crippen LogP contribution >= 0.6 is 0 Å². The van der Waals surface area contributed by atoms with E-state index in [2.05, 4.69) is 31.8 Å². The van der Waals surface area contributed by atoms with E-state index in [1.165, 1.54) is 0 Å². The van der Waals surface area contributed by atoms with Gasteiger partial charge >= 0.3 is 0 Å². The first-order valence-electron chi connectivity index (χ1n) is 31.1. The maximum absolute atomic E-state index is 12.4. The summed E-state index contributed by atoms with van der Waals surface area (Å²) in [7, 11) is 0. The molecule has 2 aromatic heterocycles. The summed E-state index contributed by atoms with van der Waals surface area (Å²) in [6, 6.07) is 31.7. The van der Waals surface area contributed by atoms with E-state index in [1.807, 2.05) is 86.9 Å². The van der Waals surface area contributed by atoms with Gasteiger partial charge in [0.05, 0.1) is 29.1 Å². The van der Waals surface area contributed by atoms with E-state index in [1.54, 1.807) is 60.7 Å². The zero-order valence-electron chi connectivity index (χ0n) is 56.6. The molecule has 0 atom stereocenters. The van der Waals surface area contributed by atoms with Gasteiger partial charge in [-0.05, 0) is 92.7 Å². The predicted octanol–water partition coefficient (Wildman–Crippen LogP) is 16.5. The fourth-order valence-corrected chi connectivity index (χ4v) is 8.53. The molecule has 0 spiro atoms. The number of aryl methyl sites for hydroxylation is 1. The molecule has 0 unspecified atom stereocenters. The Morgan fingerprint density at radius 1 is 0.600 bits per heavy atom. The van der Waals surface area contributed by atoms with E-state index in [-0.39, 0.29) is 55.2 Å². The molecule has 70 heavy (non-hydrogen) atoms. The van der Waals surface area contributed by atoms with Gasteiger partial charge in [0.1, 0.15) is 11.6 Å². The standard InChI is InChI=1S/C63H62N3O3.Pt/c1-37(2)43-34-50(38(3)4)58(67)53(35-43)60-65-57-49(18-15-19-56(57)66(60)55-29-20-39(5)30-51(55)41-21-25-47(26-22-41)62(6,7)8)45-31-44(40-16-13-12-14-17-40)32-46(33-45)54-36-52(59(68)61(69)64-54)42-23-27-48(28-24-42)63(9,10)11;/h12-32,34-38,67-68H,1-11H3,(H,64,69);/q-1;/i5D3,9D3,10D3,11D3,23D,24D,27D,28D,36D;. The third-order valence-corrected chi connectivity index (χ3v) is 12.4. The minimum atomic E-state index is -3.98. The van der Waals surface area contributed by atoms with Gasteiger partial charge in [-0.3, -0.25) is 9.55 Å². The largest absolute Gasteiger partial charge is 0.507 e. The number of hydrogen-bond donors (Lipinski definition) is 3. The van der Waals surface area contributed by atoms with Gasteiger partial charge in [-0.1, -0.05) is 200 Å². The van der Waals surface area contributed by atoms with Crippen LogP contribution in [0.2, 0.25) is 0 Å². The third-order valence-electron chi connectivity index (χ3n) is 12.4. The number of phenols is 1. The number of hydrogen-bond acceptors (Lipinski definition) is 5. The molecule has 0 saturated heterocycles. The maximum Gasteiger partial charge on any atom is 0.247 e. The summed E-state index contributed by atoms with van der Waals surface area (Å²) in [5, 5.41) is 35.5. The van der Waals surface area contributed by atoms with Crippen molar-refractivity contribution in [3.05, 3.63) is 179 Å². The molecule has 0 fully saturated rings. The van der Waals surface area contributed by atoms with E-state index in [0.29, 0.717) is 67.1 Å². The van der Waals surface area contributed by atoms with Crippen molar-refractivity contribution in [1.82, 2.24) is 14.5 Å². The third kappa shape index (κ3) is 9.59. The fraction of sp³-hybridized carbons (Fsp3) is 0.238. The number of rotatable bonds is 9. The quantitative estimate of drug-likeness (QED) is 0.125. The van der Waals surface area contributed by atoms with Crippen molar-refractivity contribution in [2.75, 3.05) is 0 Å². The minimum absolute atomic E-state index is 0. The first-order valence-corrected chi connectivity index (χ1v) is 22.6. The molecule has 0 aliphatic rings. The second-order valence-electron chi connectivity index (χ2n) is 19.0. The van der Waals surface area contributed by atoms with Gasteiger partial charge in [-0.25, -0.2) is 4.98 Å². The van der Waals surface area contributed by atoms with Crippen molar-refractivity contribution < 1.29 is 59.7 Å². The van der Waals surface area contributed by atoms with E-state index in [4.69, 9.17) is 26.9 Å². The first-order chi connectivity index (χ1) is 39.8. The maximum atomic E-state index is 12.4. The van der Waals surface area contributed by atoms with Crippen LogP contribution < -0.4 is 0 Å². The smallest absolute Gasteiger partial charge is 0.247 e. The Kier molecular flexibility index (Phi) is 8.84. The molecule has 0 amide bonds. The van der Waals surface area contributed by atoms with Gasteiger partial charge in [-0.2, -0.15) is 0 Å². The van der Waals surface area contributed by atoms with Gasteiger partial charge in [0.25, 0.3) is 0 Å². The van der Waals surface area contributed by atoms with Crippen molar-refractivity contribution in [1.29, 1.82) is 0 Å². The Morgan fingerprint density at radius 3 is 1.97 bits per heavy atom. The Balaban J connectivity index is 0.00000982. The summed E-state index contributed by atoms with van der Waals surface area (Å²) < 4.78 is 148. The summed E-state index contributed by atoms with van der Waals surface area (Å²) in [4.78, 5) is 9.63. The molecule has 6 nitrogen and oxygen atoms in total. The number of benzene rings is 7. The summed E-state index contributed by atoms with van der Waals surface area (Å²) >= 11 is 0. The number of aromatic hydroxyl groups is 3. The normalized spacial score (nSPS) is 16.2. The van der Waals surface area contributed by atoms with Crippen molar-refractivity contribution in [2.24, 2.45) is 0 Å². The molecular weight excluding hydrogens is 1040 g/mol. The van der Waals surface area contributed by atoms with E-state index in [9.17, 15) is 16.7 Å². The van der Waals surface area contributed by atoms with Crippen LogP contribution in [-0.2, 0) is 31.9 Å². The van der Waals surface area contributed by atoms with Crippen LogP contribution in [0.1, 0.15) is 132 Å². The summed E-state index contributed by atoms with van der Waals surface area (Å²) in [5.74, 6) is -2.21. The van der Waals surface area contributed by atoms with Crippen molar-refractivity contribution >= 4 is 11.0 Å². The molecule has 0 bridgehead atoms. The molecule has 9 rings (SSSR count). The average Bonchev–Trinajstić information content (AvgIpc) is 1.08. The van der Waals surface area contributed by atoms with Crippen LogP contribution in [0.4, 0.5) is 0 Å². The van der Waals surface area contributed by atoms with Gasteiger partial charge < -0.3 is 15.3 Å². The van der Waals surface area contributed by atoms with Crippen molar-refractivity contribution in [3.8, 4) is 90.2 Å². The molecule has 7 heteroatoms. The monoisotopic (exact) mass is 1120 g/mol. The van der Waals surface area contributed by atoms with E-state index >= 15 is 0 Å². The average molecular weight is 1120 g/mol. The zero-order valence-corrected chi connectivity index (χ0v) is 41.9. The van der Waals surface area contributed by atoms with Gasteiger partial charge in [0, 0.05) is 54.3 Å². The topological polar surface area (TPSA) is 91.4 Å². The molecule has 358 valence electrons. The number of imidazole rings is 1.